The Morgan fingerprint density at radius 3 is 2.47 bits per heavy atom. The van der Waals surface area contributed by atoms with Crippen molar-refractivity contribution in [2.24, 2.45) is 0 Å². The third-order valence-corrected chi connectivity index (χ3v) is 2.66. The molecule has 0 radical (unpaired) electrons. The fraction of sp³-hybridized carbons (Fsp3) is 0.818. The Bertz CT molecular complexity index is 192. The second-order valence-electron chi connectivity index (χ2n) is 3.29. The van der Waals surface area contributed by atoms with E-state index >= 15 is 0 Å². The maximum Gasteiger partial charge on any atom is 0.306 e. The molecule has 0 aliphatic rings. The first-order chi connectivity index (χ1) is 7.20. The third-order valence-electron chi connectivity index (χ3n) is 1.97. The van der Waals surface area contributed by atoms with E-state index in [4.69, 9.17) is 4.74 Å². The topological polar surface area (TPSA) is 43.4 Å². The molecule has 0 N–H and O–H groups in total. The zero-order chi connectivity index (χ0) is 11.5. The van der Waals surface area contributed by atoms with Crippen LogP contribution in [0.25, 0.3) is 0 Å². The third kappa shape index (κ3) is 9.79. The molecule has 0 atom stereocenters. The van der Waals surface area contributed by atoms with Crippen LogP contribution < -0.4 is 0 Å². The summed E-state index contributed by atoms with van der Waals surface area (Å²) in [6.45, 7) is 2.16. The summed E-state index contributed by atoms with van der Waals surface area (Å²) in [5, 5.41) is 0. The molecule has 0 heterocycles. The number of hydrogen-bond acceptors (Lipinski definition) is 4. The lowest BCUT2D eigenvalue weighted by Gasteiger charge is -2.01. The van der Waals surface area contributed by atoms with Gasteiger partial charge in [-0.05, 0) is 31.8 Å². The lowest BCUT2D eigenvalue weighted by Crippen LogP contribution is -2.07. The summed E-state index contributed by atoms with van der Waals surface area (Å²) in [7, 11) is 0. The molecule has 0 aliphatic heterocycles. The van der Waals surface area contributed by atoms with Crippen LogP contribution >= 0.6 is 11.8 Å². The van der Waals surface area contributed by atoms with E-state index in [0.717, 1.165) is 18.6 Å². The summed E-state index contributed by atoms with van der Waals surface area (Å²) in [5.74, 6) is 1.00. The van der Waals surface area contributed by atoms with E-state index < -0.39 is 0 Å². The molecular weight excluding hydrogens is 212 g/mol. The van der Waals surface area contributed by atoms with Gasteiger partial charge in [0.2, 0.25) is 0 Å². The van der Waals surface area contributed by atoms with Crippen LogP contribution in [0, 0.1) is 0 Å². The van der Waals surface area contributed by atoms with Crippen molar-refractivity contribution in [2.45, 2.75) is 39.0 Å². The zero-order valence-electron chi connectivity index (χ0n) is 9.58. The standard InChI is InChI=1S/C11H20O3S/c1-3-14-11(13)8-7-10(12)6-4-5-9-15-2/h3-9H2,1-2H3. The van der Waals surface area contributed by atoms with Gasteiger partial charge in [0.05, 0.1) is 13.0 Å². The largest absolute Gasteiger partial charge is 0.466 e. The lowest BCUT2D eigenvalue weighted by molar-refractivity contribution is -0.144. The minimum Gasteiger partial charge on any atom is -0.466 e. The lowest BCUT2D eigenvalue weighted by atomic mass is 10.1. The van der Waals surface area contributed by atoms with Gasteiger partial charge in [0.25, 0.3) is 0 Å². The minimum absolute atomic E-state index is 0.171. The monoisotopic (exact) mass is 232 g/mol. The molecule has 0 aromatic rings. The molecule has 0 aromatic carbocycles. The van der Waals surface area contributed by atoms with Crippen LogP contribution in [0.5, 0.6) is 0 Å². The van der Waals surface area contributed by atoms with E-state index in [1.807, 2.05) is 0 Å². The highest BCUT2D eigenvalue weighted by atomic mass is 32.2. The van der Waals surface area contributed by atoms with Gasteiger partial charge in [0, 0.05) is 12.8 Å². The number of carbonyl (C=O) groups is 2. The Morgan fingerprint density at radius 1 is 1.13 bits per heavy atom. The highest BCUT2D eigenvalue weighted by Gasteiger charge is 2.06. The van der Waals surface area contributed by atoms with Gasteiger partial charge < -0.3 is 4.74 Å². The Morgan fingerprint density at radius 2 is 1.87 bits per heavy atom. The molecule has 88 valence electrons. The Labute approximate surface area is 95.9 Å². The molecular formula is C11H20O3S. The van der Waals surface area contributed by atoms with Crippen LogP contribution in [0.15, 0.2) is 0 Å². The molecule has 0 bridgehead atoms. The SMILES string of the molecule is CCOC(=O)CCC(=O)CCCCSC. The number of esters is 1. The van der Waals surface area contributed by atoms with E-state index in [1.165, 1.54) is 0 Å². The Balaban J connectivity index is 3.36. The Hall–Kier alpha value is -0.510. The number of unbranched alkanes of at least 4 members (excludes halogenated alkanes) is 1. The predicted octanol–water partition coefficient (Wildman–Crippen LogP) is 2.43. The number of ketones is 1. The molecule has 0 aromatic heterocycles. The zero-order valence-corrected chi connectivity index (χ0v) is 10.4. The normalized spacial score (nSPS) is 10.0. The molecule has 0 aliphatic carbocycles. The maximum atomic E-state index is 11.3. The van der Waals surface area contributed by atoms with Gasteiger partial charge in [-0.1, -0.05) is 0 Å². The number of carbonyl (C=O) groups excluding carboxylic acids is 2. The highest BCUT2D eigenvalue weighted by Crippen LogP contribution is 2.05. The number of Topliss-reactive ketones (excluding diaryl/α,β-unsaturated/α-hetero) is 1. The van der Waals surface area contributed by atoms with E-state index in [1.54, 1.807) is 18.7 Å². The van der Waals surface area contributed by atoms with Crippen molar-refractivity contribution in [3.05, 3.63) is 0 Å². The van der Waals surface area contributed by atoms with Gasteiger partial charge in [-0.15, -0.1) is 0 Å². The van der Waals surface area contributed by atoms with Crippen LogP contribution in [0.4, 0.5) is 0 Å². The molecule has 0 unspecified atom stereocenters. The van der Waals surface area contributed by atoms with Crippen LogP contribution in [0.2, 0.25) is 0 Å². The fourth-order valence-electron chi connectivity index (χ4n) is 1.17. The maximum absolute atomic E-state index is 11.3. The molecule has 0 amide bonds. The molecule has 0 saturated heterocycles. The first-order valence-electron chi connectivity index (χ1n) is 5.37. The smallest absolute Gasteiger partial charge is 0.306 e. The van der Waals surface area contributed by atoms with Crippen LogP contribution in [-0.4, -0.2) is 30.4 Å². The number of thioether (sulfide) groups is 1. The van der Waals surface area contributed by atoms with Gasteiger partial charge in [0.1, 0.15) is 5.78 Å². The summed E-state index contributed by atoms with van der Waals surface area (Å²) < 4.78 is 4.74. The highest BCUT2D eigenvalue weighted by molar-refractivity contribution is 7.98. The summed E-state index contributed by atoms with van der Waals surface area (Å²) in [4.78, 5) is 22.2. The van der Waals surface area contributed by atoms with Crippen molar-refractivity contribution >= 4 is 23.5 Å². The van der Waals surface area contributed by atoms with Crippen molar-refractivity contribution in [3.63, 3.8) is 0 Å². The first kappa shape index (κ1) is 14.5. The van der Waals surface area contributed by atoms with E-state index in [2.05, 4.69) is 6.26 Å². The van der Waals surface area contributed by atoms with Crippen molar-refractivity contribution in [3.8, 4) is 0 Å². The Kier molecular flexibility index (Phi) is 9.68. The minimum atomic E-state index is -0.269. The van der Waals surface area contributed by atoms with Gasteiger partial charge in [-0.3, -0.25) is 9.59 Å². The van der Waals surface area contributed by atoms with Gasteiger partial charge >= 0.3 is 5.97 Å². The first-order valence-corrected chi connectivity index (χ1v) is 6.76. The fourth-order valence-corrected chi connectivity index (χ4v) is 1.66. The van der Waals surface area contributed by atoms with Gasteiger partial charge in [0.15, 0.2) is 0 Å². The molecule has 4 heteroatoms. The molecule has 0 rings (SSSR count). The molecule has 0 saturated carbocycles. The van der Waals surface area contributed by atoms with E-state index in [-0.39, 0.29) is 18.2 Å². The average Bonchev–Trinajstić information content (AvgIpc) is 2.22. The predicted molar refractivity (Wildman–Crippen MR) is 63.1 cm³/mol. The van der Waals surface area contributed by atoms with Crippen molar-refractivity contribution < 1.29 is 14.3 Å². The van der Waals surface area contributed by atoms with Crippen molar-refractivity contribution in [1.29, 1.82) is 0 Å². The van der Waals surface area contributed by atoms with Crippen LogP contribution in [0.1, 0.15) is 39.0 Å². The molecule has 0 spiro atoms. The number of hydrogen-bond donors (Lipinski definition) is 0. The number of rotatable bonds is 9. The summed E-state index contributed by atoms with van der Waals surface area (Å²) in [5.41, 5.74) is 0. The molecule has 15 heavy (non-hydrogen) atoms. The van der Waals surface area contributed by atoms with Crippen LogP contribution in [0.3, 0.4) is 0 Å². The van der Waals surface area contributed by atoms with Crippen molar-refractivity contribution in [2.75, 3.05) is 18.6 Å². The van der Waals surface area contributed by atoms with E-state index in [0.29, 0.717) is 19.4 Å². The van der Waals surface area contributed by atoms with Gasteiger partial charge in [-0.2, -0.15) is 11.8 Å². The van der Waals surface area contributed by atoms with Crippen molar-refractivity contribution in [1.82, 2.24) is 0 Å². The average molecular weight is 232 g/mol. The van der Waals surface area contributed by atoms with E-state index in [9.17, 15) is 9.59 Å². The summed E-state index contributed by atoms with van der Waals surface area (Å²) in [6.07, 6.45) is 5.23. The summed E-state index contributed by atoms with van der Waals surface area (Å²) in [6, 6.07) is 0. The van der Waals surface area contributed by atoms with Gasteiger partial charge in [-0.25, -0.2) is 0 Å². The number of ether oxygens (including phenoxy) is 1. The van der Waals surface area contributed by atoms with Crippen LogP contribution in [-0.2, 0) is 14.3 Å². The second-order valence-corrected chi connectivity index (χ2v) is 4.28. The molecule has 3 nitrogen and oxygen atoms in total. The quantitative estimate of drug-likeness (QED) is 0.452. The molecule has 0 fully saturated rings. The second kappa shape index (κ2) is 10.0. The summed E-state index contributed by atoms with van der Waals surface area (Å²) >= 11 is 1.79.